The number of guanidine groups is 1. The number of benzene rings is 1. The molecule has 5 heteroatoms. The quantitative estimate of drug-likeness (QED) is 0.679. The molecule has 1 aromatic heterocycles. The summed E-state index contributed by atoms with van der Waals surface area (Å²) in [7, 11) is 5.54. The van der Waals surface area contributed by atoms with Gasteiger partial charge < -0.3 is 15.0 Å². The highest BCUT2D eigenvalue weighted by Crippen LogP contribution is 2.19. The van der Waals surface area contributed by atoms with Crippen molar-refractivity contribution < 1.29 is 4.74 Å². The van der Waals surface area contributed by atoms with E-state index >= 15 is 0 Å². The summed E-state index contributed by atoms with van der Waals surface area (Å²) in [6.45, 7) is 3.67. The molecule has 22 heavy (non-hydrogen) atoms. The van der Waals surface area contributed by atoms with E-state index in [2.05, 4.69) is 39.6 Å². The number of nitrogens with zero attached hydrogens (tertiary/aromatic N) is 2. The molecule has 0 unspecified atom stereocenters. The minimum absolute atomic E-state index is 0.743. The highest BCUT2D eigenvalue weighted by Gasteiger charge is 2.10. The fourth-order valence-corrected chi connectivity index (χ4v) is 3.14. The highest BCUT2D eigenvalue weighted by molar-refractivity contribution is 7.10. The molecule has 0 radical (unpaired) electrons. The Labute approximate surface area is 136 Å². The van der Waals surface area contributed by atoms with E-state index in [1.165, 1.54) is 10.4 Å². The zero-order valence-electron chi connectivity index (χ0n) is 13.6. The molecule has 0 saturated heterocycles. The topological polar surface area (TPSA) is 36.9 Å². The zero-order valence-corrected chi connectivity index (χ0v) is 14.4. The van der Waals surface area contributed by atoms with Crippen molar-refractivity contribution in [3.63, 3.8) is 0 Å². The number of aliphatic imine (C=N–C) groups is 1. The maximum absolute atomic E-state index is 5.41. The number of methoxy groups -OCH3 is 1. The van der Waals surface area contributed by atoms with Crippen LogP contribution in [0.15, 0.2) is 40.7 Å². The van der Waals surface area contributed by atoms with Gasteiger partial charge in [-0.05, 0) is 30.0 Å². The Morgan fingerprint density at radius 2 is 2.09 bits per heavy atom. The van der Waals surface area contributed by atoms with Gasteiger partial charge in [0, 0.05) is 31.1 Å². The maximum atomic E-state index is 5.41. The zero-order chi connectivity index (χ0) is 15.9. The summed E-state index contributed by atoms with van der Waals surface area (Å²) < 4.78 is 5.41. The largest absolute Gasteiger partial charge is 0.496 e. The van der Waals surface area contributed by atoms with Crippen molar-refractivity contribution in [2.45, 2.75) is 20.0 Å². The standard InChI is InChI=1S/C17H23N3OS/c1-13-9-10-22-16(13)11-19-17(18-2)20(3)12-14-7-5-6-8-15(14)21-4/h5-10H,11-12H2,1-4H3,(H,18,19). The predicted octanol–water partition coefficient (Wildman–Crippen LogP) is 3.27. The Hall–Kier alpha value is -2.01. The van der Waals surface area contributed by atoms with Crippen LogP contribution in [-0.4, -0.2) is 32.1 Å². The van der Waals surface area contributed by atoms with Crippen molar-refractivity contribution in [1.29, 1.82) is 0 Å². The summed E-state index contributed by atoms with van der Waals surface area (Å²) in [5, 5.41) is 5.53. The van der Waals surface area contributed by atoms with Crippen LogP contribution in [0.2, 0.25) is 0 Å². The molecule has 0 spiro atoms. The molecular weight excluding hydrogens is 294 g/mol. The second-order valence-electron chi connectivity index (χ2n) is 5.10. The van der Waals surface area contributed by atoms with Crippen LogP contribution >= 0.6 is 11.3 Å². The molecule has 1 aromatic carbocycles. The van der Waals surface area contributed by atoms with Crippen LogP contribution in [0, 0.1) is 6.92 Å². The Balaban J connectivity index is 2.00. The summed E-state index contributed by atoms with van der Waals surface area (Å²) in [4.78, 5) is 7.80. The van der Waals surface area contributed by atoms with Crippen molar-refractivity contribution >= 4 is 17.3 Å². The van der Waals surface area contributed by atoms with Crippen LogP contribution in [-0.2, 0) is 13.1 Å². The van der Waals surface area contributed by atoms with Gasteiger partial charge in [-0.2, -0.15) is 0 Å². The van der Waals surface area contributed by atoms with E-state index in [9.17, 15) is 0 Å². The van der Waals surface area contributed by atoms with Crippen LogP contribution in [0.5, 0.6) is 5.75 Å². The lowest BCUT2D eigenvalue weighted by Crippen LogP contribution is -2.38. The van der Waals surface area contributed by atoms with Gasteiger partial charge >= 0.3 is 0 Å². The van der Waals surface area contributed by atoms with Gasteiger partial charge in [0.1, 0.15) is 5.75 Å². The fraction of sp³-hybridized carbons (Fsp3) is 0.353. The third-order valence-corrected chi connectivity index (χ3v) is 4.57. The first-order valence-electron chi connectivity index (χ1n) is 7.22. The minimum Gasteiger partial charge on any atom is -0.496 e. The summed E-state index contributed by atoms with van der Waals surface area (Å²) in [6, 6.07) is 10.2. The molecule has 0 amide bonds. The summed E-state index contributed by atoms with van der Waals surface area (Å²) in [5.74, 6) is 1.78. The van der Waals surface area contributed by atoms with Crippen molar-refractivity contribution in [3.05, 3.63) is 51.7 Å². The highest BCUT2D eigenvalue weighted by atomic mass is 32.1. The van der Waals surface area contributed by atoms with Crippen LogP contribution in [0.3, 0.4) is 0 Å². The van der Waals surface area contributed by atoms with Crippen LogP contribution in [0.4, 0.5) is 0 Å². The van der Waals surface area contributed by atoms with Gasteiger partial charge in [0.15, 0.2) is 5.96 Å². The van der Waals surface area contributed by atoms with E-state index in [1.54, 1.807) is 18.4 Å². The molecule has 0 bridgehead atoms. The van der Waals surface area contributed by atoms with E-state index in [-0.39, 0.29) is 0 Å². The number of nitrogens with one attached hydrogen (secondary N) is 1. The molecule has 118 valence electrons. The predicted molar refractivity (Wildman–Crippen MR) is 93.7 cm³/mol. The van der Waals surface area contributed by atoms with Gasteiger partial charge in [-0.1, -0.05) is 18.2 Å². The third-order valence-electron chi connectivity index (χ3n) is 3.55. The van der Waals surface area contributed by atoms with E-state index < -0.39 is 0 Å². The van der Waals surface area contributed by atoms with Gasteiger partial charge in [-0.3, -0.25) is 4.99 Å². The number of hydrogen-bond donors (Lipinski definition) is 1. The minimum atomic E-state index is 0.743. The van der Waals surface area contributed by atoms with Crippen molar-refractivity contribution in [1.82, 2.24) is 10.2 Å². The van der Waals surface area contributed by atoms with Crippen LogP contribution in [0.1, 0.15) is 16.0 Å². The maximum Gasteiger partial charge on any atom is 0.193 e. The molecule has 4 nitrogen and oxygen atoms in total. The molecule has 0 aliphatic rings. The normalized spacial score (nSPS) is 11.4. The van der Waals surface area contributed by atoms with Crippen molar-refractivity contribution in [2.75, 3.05) is 21.2 Å². The lowest BCUT2D eigenvalue weighted by molar-refractivity contribution is 0.396. The molecule has 0 atom stereocenters. The van der Waals surface area contributed by atoms with Gasteiger partial charge in [-0.15, -0.1) is 11.3 Å². The first-order chi connectivity index (χ1) is 10.7. The fourth-order valence-electron chi connectivity index (χ4n) is 2.29. The Bertz CT molecular complexity index is 636. The molecule has 0 aliphatic heterocycles. The number of ether oxygens (including phenoxy) is 1. The second kappa shape index (κ2) is 7.84. The number of hydrogen-bond acceptors (Lipinski definition) is 3. The number of para-hydroxylation sites is 1. The summed E-state index contributed by atoms with van der Waals surface area (Å²) in [6.07, 6.45) is 0. The average Bonchev–Trinajstić information content (AvgIpc) is 2.94. The third kappa shape index (κ3) is 4.01. The Morgan fingerprint density at radius 1 is 1.32 bits per heavy atom. The number of rotatable bonds is 5. The van der Waals surface area contributed by atoms with E-state index in [0.29, 0.717) is 0 Å². The first kappa shape index (κ1) is 16.4. The van der Waals surface area contributed by atoms with Crippen molar-refractivity contribution in [2.24, 2.45) is 4.99 Å². The lowest BCUT2D eigenvalue weighted by Gasteiger charge is -2.23. The Morgan fingerprint density at radius 3 is 2.73 bits per heavy atom. The molecule has 0 saturated carbocycles. The summed E-state index contributed by atoms with van der Waals surface area (Å²) >= 11 is 1.77. The molecular formula is C17H23N3OS. The molecule has 2 aromatic rings. The average molecular weight is 317 g/mol. The molecule has 1 N–H and O–H groups in total. The number of thiophene rings is 1. The Kier molecular flexibility index (Phi) is 5.83. The smallest absolute Gasteiger partial charge is 0.193 e. The lowest BCUT2D eigenvalue weighted by atomic mass is 10.2. The van der Waals surface area contributed by atoms with Gasteiger partial charge in [0.2, 0.25) is 0 Å². The molecule has 2 rings (SSSR count). The first-order valence-corrected chi connectivity index (χ1v) is 8.10. The van der Waals surface area contributed by atoms with Crippen molar-refractivity contribution in [3.8, 4) is 5.75 Å². The van der Waals surface area contributed by atoms with E-state index in [4.69, 9.17) is 4.74 Å². The SMILES string of the molecule is CN=C(NCc1sccc1C)N(C)Cc1ccccc1OC. The van der Waals surface area contributed by atoms with Gasteiger partial charge in [0.05, 0.1) is 13.7 Å². The monoisotopic (exact) mass is 317 g/mol. The van der Waals surface area contributed by atoms with E-state index in [0.717, 1.165) is 30.4 Å². The van der Waals surface area contributed by atoms with Crippen LogP contribution in [0.25, 0.3) is 0 Å². The summed E-state index contributed by atoms with van der Waals surface area (Å²) in [5.41, 5.74) is 2.46. The van der Waals surface area contributed by atoms with E-state index in [1.807, 2.05) is 32.3 Å². The van der Waals surface area contributed by atoms with Gasteiger partial charge in [0.25, 0.3) is 0 Å². The molecule has 0 aliphatic carbocycles. The molecule has 1 heterocycles. The van der Waals surface area contributed by atoms with Crippen LogP contribution < -0.4 is 10.1 Å². The number of aryl methyl sites for hydroxylation is 1. The van der Waals surface area contributed by atoms with Gasteiger partial charge in [-0.25, -0.2) is 0 Å². The molecule has 0 fully saturated rings. The second-order valence-corrected chi connectivity index (χ2v) is 6.10.